The Labute approximate surface area is 136 Å². The summed E-state index contributed by atoms with van der Waals surface area (Å²) in [4.78, 5) is 27.1. The van der Waals surface area contributed by atoms with Crippen LogP contribution in [-0.4, -0.2) is 49.2 Å². The van der Waals surface area contributed by atoms with Crippen molar-refractivity contribution in [3.05, 3.63) is 35.9 Å². The molecule has 2 saturated heterocycles. The average Bonchev–Trinajstić information content (AvgIpc) is 3.17. The van der Waals surface area contributed by atoms with Crippen molar-refractivity contribution in [1.29, 1.82) is 0 Å². The molecule has 0 aromatic heterocycles. The van der Waals surface area contributed by atoms with Crippen LogP contribution in [-0.2, 0) is 25.5 Å². The number of hydrogen-bond donors (Lipinski definition) is 0. The molecule has 0 aliphatic carbocycles. The van der Waals surface area contributed by atoms with Gasteiger partial charge in [-0.3, -0.25) is 14.5 Å². The predicted molar refractivity (Wildman–Crippen MR) is 84.7 cm³/mol. The number of benzene rings is 1. The summed E-state index contributed by atoms with van der Waals surface area (Å²) in [7, 11) is 2.84. The molecule has 5 heteroatoms. The standard InChI is InChI=1S/C18H23NO4/c1-22-16(20)14-12-18(17(21)23-2,19-10-6-9-15(14)19)11-13-7-4-3-5-8-13/h3-5,7-8,14-15H,6,9-12H2,1-2H3/t14-,15-,18-/m0/s1. The lowest BCUT2D eigenvalue weighted by Crippen LogP contribution is -2.53. The SMILES string of the molecule is COC(=O)[C@H]1C[C@@](Cc2ccccc2)(C(=O)OC)N2CCC[C@@H]12. The third-order valence-electron chi connectivity index (χ3n) is 5.28. The summed E-state index contributed by atoms with van der Waals surface area (Å²) in [5.41, 5.74) is 0.310. The first-order chi connectivity index (χ1) is 11.1. The Morgan fingerprint density at radius 1 is 1.22 bits per heavy atom. The molecular weight excluding hydrogens is 294 g/mol. The van der Waals surface area contributed by atoms with Crippen LogP contribution in [0.15, 0.2) is 30.3 Å². The number of nitrogens with zero attached hydrogens (tertiary/aromatic N) is 1. The van der Waals surface area contributed by atoms with Crippen LogP contribution in [0.4, 0.5) is 0 Å². The molecule has 1 aromatic carbocycles. The van der Waals surface area contributed by atoms with E-state index >= 15 is 0 Å². The van der Waals surface area contributed by atoms with Crippen LogP contribution >= 0.6 is 0 Å². The van der Waals surface area contributed by atoms with E-state index in [-0.39, 0.29) is 23.9 Å². The van der Waals surface area contributed by atoms with Gasteiger partial charge in [0.25, 0.3) is 0 Å². The van der Waals surface area contributed by atoms with Gasteiger partial charge in [0.15, 0.2) is 0 Å². The van der Waals surface area contributed by atoms with Gasteiger partial charge in [-0.25, -0.2) is 0 Å². The largest absolute Gasteiger partial charge is 0.469 e. The molecule has 0 amide bonds. The number of carbonyl (C=O) groups excluding carboxylic acids is 2. The first kappa shape index (κ1) is 16.0. The Kier molecular flexibility index (Phi) is 4.39. The molecule has 0 N–H and O–H groups in total. The van der Waals surface area contributed by atoms with E-state index in [0.29, 0.717) is 12.8 Å². The second-order valence-electron chi connectivity index (χ2n) is 6.42. The minimum Gasteiger partial charge on any atom is -0.469 e. The van der Waals surface area contributed by atoms with Gasteiger partial charge in [0.1, 0.15) is 5.54 Å². The summed E-state index contributed by atoms with van der Waals surface area (Å²) >= 11 is 0. The fourth-order valence-electron chi connectivity index (χ4n) is 4.32. The average molecular weight is 317 g/mol. The maximum atomic E-state index is 12.7. The molecule has 0 spiro atoms. The van der Waals surface area contributed by atoms with E-state index in [4.69, 9.17) is 9.47 Å². The topological polar surface area (TPSA) is 55.8 Å². The molecule has 0 radical (unpaired) electrons. The summed E-state index contributed by atoms with van der Waals surface area (Å²) in [6.07, 6.45) is 2.94. The zero-order valence-electron chi connectivity index (χ0n) is 13.7. The molecule has 2 aliphatic heterocycles. The molecule has 3 rings (SSSR count). The van der Waals surface area contributed by atoms with Crippen molar-refractivity contribution in [2.45, 2.75) is 37.3 Å². The second kappa shape index (κ2) is 6.32. The zero-order valence-corrected chi connectivity index (χ0v) is 13.7. The third-order valence-corrected chi connectivity index (χ3v) is 5.28. The number of esters is 2. The monoisotopic (exact) mass is 317 g/mol. The molecule has 124 valence electrons. The number of hydrogen-bond acceptors (Lipinski definition) is 5. The molecule has 0 unspecified atom stereocenters. The van der Waals surface area contributed by atoms with Gasteiger partial charge in [-0.1, -0.05) is 30.3 Å². The van der Waals surface area contributed by atoms with Gasteiger partial charge < -0.3 is 9.47 Å². The minimum absolute atomic E-state index is 0.0743. The van der Waals surface area contributed by atoms with Gasteiger partial charge in [0.2, 0.25) is 0 Å². The minimum atomic E-state index is -0.768. The van der Waals surface area contributed by atoms with Crippen LogP contribution in [0, 0.1) is 5.92 Å². The molecule has 5 nitrogen and oxygen atoms in total. The molecule has 0 bridgehead atoms. The fraction of sp³-hybridized carbons (Fsp3) is 0.556. The maximum absolute atomic E-state index is 12.7. The summed E-state index contributed by atoms with van der Waals surface area (Å²) in [6.45, 7) is 0.820. The van der Waals surface area contributed by atoms with Crippen molar-refractivity contribution >= 4 is 11.9 Å². The van der Waals surface area contributed by atoms with Crippen LogP contribution < -0.4 is 0 Å². The predicted octanol–water partition coefficient (Wildman–Crippen LogP) is 1.80. The first-order valence-corrected chi connectivity index (χ1v) is 8.09. The highest BCUT2D eigenvalue weighted by molar-refractivity contribution is 5.85. The van der Waals surface area contributed by atoms with E-state index in [2.05, 4.69) is 4.90 Å². The Hall–Kier alpha value is -1.88. The summed E-state index contributed by atoms with van der Waals surface area (Å²) in [5, 5.41) is 0. The van der Waals surface area contributed by atoms with Gasteiger partial charge in [-0.15, -0.1) is 0 Å². The van der Waals surface area contributed by atoms with Gasteiger partial charge in [-0.05, 0) is 31.4 Å². The van der Waals surface area contributed by atoms with Crippen LogP contribution in [0.1, 0.15) is 24.8 Å². The van der Waals surface area contributed by atoms with Crippen LogP contribution in [0.3, 0.4) is 0 Å². The molecule has 2 heterocycles. The van der Waals surface area contributed by atoms with Gasteiger partial charge >= 0.3 is 11.9 Å². The number of rotatable bonds is 4. The highest BCUT2D eigenvalue weighted by Gasteiger charge is 2.60. The highest BCUT2D eigenvalue weighted by Crippen LogP contribution is 2.46. The lowest BCUT2D eigenvalue weighted by atomic mass is 9.84. The molecular formula is C18H23NO4. The van der Waals surface area contributed by atoms with E-state index in [1.54, 1.807) is 0 Å². The normalized spacial score (nSPS) is 30.0. The summed E-state index contributed by atoms with van der Waals surface area (Å²) < 4.78 is 10.1. The quantitative estimate of drug-likeness (QED) is 0.793. The second-order valence-corrected chi connectivity index (χ2v) is 6.42. The van der Waals surface area contributed by atoms with Crippen molar-refractivity contribution in [2.24, 2.45) is 5.92 Å². The highest BCUT2D eigenvalue weighted by atomic mass is 16.5. The van der Waals surface area contributed by atoms with Crippen molar-refractivity contribution in [3.63, 3.8) is 0 Å². The molecule has 3 atom stereocenters. The van der Waals surface area contributed by atoms with Crippen molar-refractivity contribution in [2.75, 3.05) is 20.8 Å². The molecule has 2 fully saturated rings. The molecule has 2 aliphatic rings. The van der Waals surface area contributed by atoms with E-state index in [0.717, 1.165) is 24.9 Å². The smallest absolute Gasteiger partial charge is 0.326 e. The Morgan fingerprint density at radius 3 is 2.61 bits per heavy atom. The van der Waals surface area contributed by atoms with E-state index in [9.17, 15) is 9.59 Å². The number of methoxy groups -OCH3 is 2. The fourth-order valence-corrected chi connectivity index (χ4v) is 4.32. The molecule has 1 aromatic rings. The number of ether oxygens (including phenoxy) is 2. The van der Waals surface area contributed by atoms with Crippen molar-refractivity contribution < 1.29 is 19.1 Å². The Morgan fingerprint density at radius 2 is 1.96 bits per heavy atom. The van der Waals surface area contributed by atoms with Crippen molar-refractivity contribution in [3.8, 4) is 0 Å². The Balaban J connectivity index is 1.98. The van der Waals surface area contributed by atoms with E-state index in [1.165, 1.54) is 14.2 Å². The maximum Gasteiger partial charge on any atom is 0.326 e. The molecule has 23 heavy (non-hydrogen) atoms. The number of carbonyl (C=O) groups is 2. The number of fused-ring (bicyclic) bond motifs is 1. The lowest BCUT2D eigenvalue weighted by molar-refractivity contribution is -0.153. The third kappa shape index (κ3) is 2.63. The molecule has 0 saturated carbocycles. The van der Waals surface area contributed by atoms with Gasteiger partial charge in [-0.2, -0.15) is 0 Å². The van der Waals surface area contributed by atoms with E-state index < -0.39 is 5.54 Å². The summed E-state index contributed by atoms with van der Waals surface area (Å²) in [6, 6.07) is 10.00. The van der Waals surface area contributed by atoms with Crippen LogP contribution in [0.5, 0.6) is 0 Å². The van der Waals surface area contributed by atoms with E-state index in [1.807, 2.05) is 30.3 Å². The van der Waals surface area contributed by atoms with Gasteiger partial charge in [0.05, 0.1) is 20.1 Å². The van der Waals surface area contributed by atoms with Crippen LogP contribution in [0.2, 0.25) is 0 Å². The zero-order chi connectivity index (χ0) is 16.4. The van der Waals surface area contributed by atoms with Crippen LogP contribution in [0.25, 0.3) is 0 Å². The lowest BCUT2D eigenvalue weighted by Gasteiger charge is -2.35. The summed E-state index contributed by atoms with van der Waals surface area (Å²) in [5.74, 6) is -0.731. The Bertz CT molecular complexity index is 588. The van der Waals surface area contributed by atoms with Crippen molar-refractivity contribution in [1.82, 2.24) is 4.90 Å². The first-order valence-electron chi connectivity index (χ1n) is 8.09. The van der Waals surface area contributed by atoms with Gasteiger partial charge in [0, 0.05) is 12.5 Å².